The van der Waals surface area contributed by atoms with Crippen molar-refractivity contribution in [2.75, 3.05) is 12.3 Å². The number of rotatable bonds is 5. The lowest BCUT2D eigenvalue weighted by atomic mass is 10.5. The van der Waals surface area contributed by atoms with Crippen molar-refractivity contribution in [3.63, 3.8) is 0 Å². The number of hydrogen-bond acceptors (Lipinski definition) is 4. The summed E-state index contributed by atoms with van der Waals surface area (Å²) in [5, 5.41) is 11.0. The van der Waals surface area contributed by atoms with Gasteiger partial charge in [0, 0.05) is 6.54 Å². The third-order valence-electron chi connectivity index (χ3n) is 1.65. The molecule has 0 aliphatic carbocycles. The summed E-state index contributed by atoms with van der Waals surface area (Å²) in [5.41, 5.74) is 0. The standard InChI is InChI=1S/C9H11NO5S/c1-2-10-7(11)5-16(14)8-4-3-6(15-8)9(12)13/h3-4H,2,5H2,1H3,(H,10,11)(H,12,13). The molecule has 1 aromatic heterocycles. The average molecular weight is 245 g/mol. The van der Waals surface area contributed by atoms with Gasteiger partial charge < -0.3 is 14.8 Å². The van der Waals surface area contributed by atoms with Gasteiger partial charge in [0.25, 0.3) is 0 Å². The SMILES string of the molecule is CCNC(=O)CS(=O)c1ccc(C(=O)O)o1. The number of carbonyl (C=O) groups is 2. The van der Waals surface area contributed by atoms with Crippen molar-refractivity contribution >= 4 is 22.7 Å². The first-order valence-electron chi connectivity index (χ1n) is 4.52. The first-order chi connectivity index (χ1) is 7.54. The summed E-state index contributed by atoms with van der Waals surface area (Å²) in [4.78, 5) is 21.6. The molecule has 0 aliphatic rings. The van der Waals surface area contributed by atoms with Crippen molar-refractivity contribution in [3.05, 3.63) is 17.9 Å². The van der Waals surface area contributed by atoms with Gasteiger partial charge in [-0.3, -0.25) is 9.00 Å². The molecule has 88 valence electrons. The molecule has 0 aromatic carbocycles. The molecule has 16 heavy (non-hydrogen) atoms. The van der Waals surface area contributed by atoms with Crippen molar-refractivity contribution in [2.24, 2.45) is 0 Å². The predicted octanol–water partition coefficient (Wildman–Crippen LogP) is 0.221. The molecule has 1 unspecified atom stereocenters. The monoisotopic (exact) mass is 245 g/mol. The number of nitrogens with one attached hydrogen (secondary N) is 1. The van der Waals surface area contributed by atoms with E-state index in [-0.39, 0.29) is 22.5 Å². The van der Waals surface area contributed by atoms with Crippen LogP contribution in [0, 0.1) is 0 Å². The largest absolute Gasteiger partial charge is 0.475 e. The van der Waals surface area contributed by atoms with Crippen molar-refractivity contribution in [3.8, 4) is 0 Å². The zero-order chi connectivity index (χ0) is 12.1. The summed E-state index contributed by atoms with van der Waals surface area (Å²) < 4.78 is 16.3. The molecule has 1 rings (SSSR count). The second-order valence-corrected chi connectivity index (χ2v) is 4.25. The maximum absolute atomic E-state index is 11.5. The molecule has 0 saturated carbocycles. The fourth-order valence-electron chi connectivity index (χ4n) is 0.996. The molecule has 1 aromatic rings. The zero-order valence-electron chi connectivity index (χ0n) is 8.56. The maximum atomic E-state index is 11.5. The molecule has 1 atom stereocenters. The van der Waals surface area contributed by atoms with Crippen molar-refractivity contribution in [1.82, 2.24) is 5.32 Å². The fourth-order valence-corrected chi connectivity index (χ4v) is 1.88. The summed E-state index contributed by atoms with van der Waals surface area (Å²) in [6, 6.07) is 2.49. The van der Waals surface area contributed by atoms with E-state index >= 15 is 0 Å². The molecule has 0 aliphatic heterocycles. The van der Waals surface area contributed by atoms with Gasteiger partial charge in [-0.1, -0.05) is 0 Å². The van der Waals surface area contributed by atoms with E-state index in [9.17, 15) is 13.8 Å². The van der Waals surface area contributed by atoms with Gasteiger partial charge in [-0.05, 0) is 19.1 Å². The number of carboxylic acids is 1. The molecule has 1 heterocycles. The Morgan fingerprint density at radius 2 is 2.19 bits per heavy atom. The third-order valence-corrected chi connectivity index (χ3v) is 2.85. The van der Waals surface area contributed by atoms with Crippen molar-refractivity contribution < 1.29 is 23.3 Å². The Hall–Kier alpha value is -1.63. The summed E-state index contributed by atoms with van der Waals surface area (Å²) in [7, 11) is -1.65. The molecule has 6 nitrogen and oxygen atoms in total. The minimum Gasteiger partial charge on any atom is -0.475 e. The summed E-state index contributed by atoms with van der Waals surface area (Å²) in [6.45, 7) is 2.20. The molecule has 2 N–H and O–H groups in total. The number of amides is 1. The quantitative estimate of drug-likeness (QED) is 0.773. The van der Waals surface area contributed by atoms with E-state index in [0.717, 1.165) is 0 Å². The van der Waals surface area contributed by atoms with Gasteiger partial charge >= 0.3 is 5.97 Å². The van der Waals surface area contributed by atoms with Gasteiger partial charge in [-0.2, -0.15) is 0 Å². The highest BCUT2D eigenvalue weighted by Crippen LogP contribution is 2.12. The first-order valence-corrected chi connectivity index (χ1v) is 5.84. The van der Waals surface area contributed by atoms with E-state index in [1.54, 1.807) is 6.92 Å². The molecule has 1 amide bonds. The van der Waals surface area contributed by atoms with Crippen LogP contribution in [0.15, 0.2) is 21.6 Å². The number of furan rings is 1. The smallest absolute Gasteiger partial charge is 0.371 e. The molecular weight excluding hydrogens is 234 g/mol. The lowest BCUT2D eigenvalue weighted by Gasteiger charge is -1.99. The summed E-state index contributed by atoms with van der Waals surface area (Å²) >= 11 is 0. The second kappa shape index (κ2) is 5.45. The number of carbonyl (C=O) groups excluding carboxylic acids is 1. The zero-order valence-corrected chi connectivity index (χ0v) is 9.37. The Bertz CT molecular complexity index is 425. The lowest BCUT2D eigenvalue weighted by molar-refractivity contribution is -0.118. The van der Waals surface area contributed by atoms with Gasteiger partial charge in [0.1, 0.15) is 5.75 Å². The van der Waals surface area contributed by atoms with Crippen molar-refractivity contribution in [2.45, 2.75) is 12.0 Å². The van der Waals surface area contributed by atoms with Crippen LogP contribution >= 0.6 is 0 Å². The van der Waals surface area contributed by atoms with Crippen LogP contribution in [0.2, 0.25) is 0 Å². The van der Waals surface area contributed by atoms with Crippen LogP contribution in [0.25, 0.3) is 0 Å². The lowest BCUT2D eigenvalue weighted by Crippen LogP contribution is -2.27. The number of aromatic carboxylic acids is 1. The van der Waals surface area contributed by atoms with Gasteiger partial charge in [0.2, 0.25) is 11.7 Å². The molecule has 0 radical (unpaired) electrons. The average Bonchev–Trinajstić information content (AvgIpc) is 2.66. The summed E-state index contributed by atoms with van der Waals surface area (Å²) in [6.07, 6.45) is 0. The molecule has 7 heteroatoms. The Kier molecular flexibility index (Phi) is 4.24. The van der Waals surface area contributed by atoms with E-state index in [4.69, 9.17) is 9.52 Å². The maximum Gasteiger partial charge on any atom is 0.371 e. The topological polar surface area (TPSA) is 96.6 Å². The third kappa shape index (κ3) is 3.20. The van der Waals surface area contributed by atoms with Gasteiger partial charge in [-0.15, -0.1) is 0 Å². The van der Waals surface area contributed by atoms with Crippen LogP contribution in [-0.2, 0) is 15.6 Å². The summed E-state index contributed by atoms with van der Waals surface area (Å²) in [5.74, 6) is -2.13. The van der Waals surface area contributed by atoms with Crippen molar-refractivity contribution in [1.29, 1.82) is 0 Å². The highest BCUT2D eigenvalue weighted by Gasteiger charge is 2.15. The molecule has 0 fully saturated rings. The molecule has 0 spiro atoms. The second-order valence-electron chi connectivity index (χ2n) is 2.87. The predicted molar refractivity (Wildman–Crippen MR) is 55.6 cm³/mol. The van der Waals surface area contributed by atoms with E-state index in [0.29, 0.717) is 6.54 Å². The normalized spacial score (nSPS) is 12.1. The molecule has 0 saturated heterocycles. The van der Waals surface area contributed by atoms with Crippen LogP contribution in [0.1, 0.15) is 17.5 Å². The molecule has 0 bridgehead atoms. The minimum absolute atomic E-state index is 0.0105. The van der Waals surface area contributed by atoms with E-state index in [1.165, 1.54) is 12.1 Å². The Morgan fingerprint density at radius 3 is 2.69 bits per heavy atom. The van der Waals surface area contributed by atoms with E-state index < -0.39 is 16.8 Å². The highest BCUT2D eigenvalue weighted by atomic mass is 32.2. The van der Waals surface area contributed by atoms with Crippen LogP contribution in [0.5, 0.6) is 0 Å². The Morgan fingerprint density at radius 1 is 1.50 bits per heavy atom. The van der Waals surface area contributed by atoms with Gasteiger partial charge in [0.15, 0.2) is 5.09 Å². The van der Waals surface area contributed by atoms with Gasteiger partial charge in [0.05, 0.1) is 10.8 Å². The van der Waals surface area contributed by atoms with Crippen LogP contribution in [-0.4, -0.2) is 33.5 Å². The van der Waals surface area contributed by atoms with Gasteiger partial charge in [-0.25, -0.2) is 4.79 Å². The van der Waals surface area contributed by atoms with Crippen LogP contribution < -0.4 is 5.32 Å². The van der Waals surface area contributed by atoms with Crippen LogP contribution in [0.4, 0.5) is 0 Å². The van der Waals surface area contributed by atoms with E-state index in [2.05, 4.69) is 5.32 Å². The number of carboxylic acid groups (broad SMARTS) is 1. The molecular formula is C9H11NO5S. The minimum atomic E-state index is -1.65. The highest BCUT2D eigenvalue weighted by molar-refractivity contribution is 7.85. The number of hydrogen-bond donors (Lipinski definition) is 2. The Balaban J connectivity index is 2.66. The fraction of sp³-hybridized carbons (Fsp3) is 0.333. The first kappa shape index (κ1) is 12.4. The Labute approximate surface area is 94.1 Å². The van der Waals surface area contributed by atoms with Crippen LogP contribution in [0.3, 0.4) is 0 Å². The van der Waals surface area contributed by atoms with E-state index in [1.807, 2.05) is 0 Å².